The van der Waals surface area contributed by atoms with E-state index < -0.39 is 0 Å². The molecule has 0 unspecified atom stereocenters. The maximum Gasteiger partial charge on any atom is 0.313 e. The molecule has 0 aromatic heterocycles. The number of nitrogens with zero attached hydrogens (tertiary/aromatic N) is 1. The van der Waals surface area contributed by atoms with Gasteiger partial charge in [-0.15, -0.1) is 0 Å². The summed E-state index contributed by atoms with van der Waals surface area (Å²) in [6, 6.07) is 6.26. The van der Waals surface area contributed by atoms with Crippen LogP contribution in [0.4, 0.5) is 10.1 Å². The van der Waals surface area contributed by atoms with Crippen LogP contribution in [0.3, 0.4) is 0 Å². The van der Waals surface area contributed by atoms with E-state index in [-0.39, 0.29) is 17.2 Å². The third-order valence-electron chi connectivity index (χ3n) is 3.28. The van der Waals surface area contributed by atoms with Crippen LogP contribution in [-0.4, -0.2) is 26.7 Å². The Labute approximate surface area is 100 Å². The molecule has 92 valence electrons. The van der Waals surface area contributed by atoms with E-state index in [9.17, 15) is 9.18 Å². The van der Waals surface area contributed by atoms with Gasteiger partial charge in [0.1, 0.15) is 5.82 Å². The third kappa shape index (κ3) is 2.40. The lowest BCUT2D eigenvalue weighted by Crippen LogP contribution is -2.32. The number of esters is 1. The second-order valence-corrected chi connectivity index (χ2v) is 4.60. The van der Waals surface area contributed by atoms with Crippen molar-refractivity contribution < 1.29 is 13.9 Å². The van der Waals surface area contributed by atoms with Gasteiger partial charge in [0.2, 0.25) is 0 Å². The van der Waals surface area contributed by atoms with E-state index in [0.29, 0.717) is 6.54 Å². The van der Waals surface area contributed by atoms with E-state index in [1.54, 1.807) is 12.1 Å². The fraction of sp³-hybridized carbons (Fsp3) is 0.462. The van der Waals surface area contributed by atoms with Crippen LogP contribution in [0.1, 0.15) is 12.8 Å². The number of hydrogen-bond acceptors (Lipinski definition) is 3. The zero-order chi connectivity index (χ0) is 12.5. The van der Waals surface area contributed by atoms with Crippen LogP contribution in [0.5, 0.6) is 0 Å². The molecule has 1 aliphatic carbocycles. The van der Waals surface area contributed by atoms with Crippen molar-refractivity contribution in [2.75, 3.05) is 25.6 Å². The molecule has 0 N–H and O–H groups in total. The minimum absolute atomic E-state index is 0.147. The minimum atomic E-state index is -0.349. The second-order valence-electron chi connectivity index (χ2n) is 4.60. The molecule has 0 radical (unpaired) electrons. The summed E-state index contributed by atoms with van der Waals surface area (Å²) in [5, 5.41) is 0. The van der Waals surface area contributed by atoms with Crippen molar-refractivity contribution in [2.24, 2.45) is 5.41 Å². The summed E-state index contributed by atoms with van der Waals surface area (Å²) in [5.74, 6) is -0.400. The van der Waals surface area contributed by atoms with Crippen LogP contribution in [-0.2, 0) is 9.53 Å². The van der Waals surface area contributed by atoms with Gasteiger partial charge in [0.15, 0.2) is 0 Å². The highest BCUT2D eigenvalue weighted by molar-refractivity contribution is 5.80. The van der Waals surface area contributed by atoms with Crippen molar-refractivity contribution in [2.45, 2.75) is 12.8 Å². The quantitative estimate of drug-likeness (QED) is 0.752. The molecule has 0 heterocycles. The van der Waals surface area contributed by atoms with Crippen LogP contribution >= 0.6 is 0 Å². The summed E-state index contributed by atoms with van der Waals surface area (Å²) in [6.07, 6.45) is 1.73. The summed E-state index contributed by atoms with van der Waals surface area (Å²) >= 11 is 0. The summed E-state index contributed by atoms with van der Waals surface area (Å²) < 4.78 is 17.6. The fourth-order valence-electron chi connectivity index (χ4n) is 2.04. The van der Waals surface area contributed by atoms with Gasteiger partial charge in [-0.1, -0.05) is 0 Å². The van der Waals surface area contributed by atoms with E-state index >= 15 is 0 Å². The van der Waals surface area contributed by atoms with Crippen LogP contribution in [0.25, 0.3) is 0 Å². The van der Waals surface area contributed by atoms with E-state index in [1.807, 2.05) is 11.9 Å². The fourth-order valence-corrected chi connectivity index (χ4v) is 2.04. The summed E-state index contributed by atoms with van der Waals surface area (Å²) in [5.41, 5.74) is 0.555. The molecule has 17 heavy (non-hydrogen) atoms. The Kier molecular flexibility index (Phi) is 3.05. The van der Waals surface area contributed by atoms with Crippen LogP contribution < -0.4 is 4.90 Å². The van der Waals surface area contributed by atoms with E-state index in [4.69, 9.17) is 4.74 Å². The molecule has 0 saturated heterocycles. The van der Waals surface area contributed by atoms with Gasteiger partial charge < -0.3 is 9.64 Å². The maximum absolute atomic E-state index is 12.8. The minimum Gasteiger partial charge on any atom is -0.469 e. The predicted molar refractivity (Wildman–Crippen MR) is 63.4 cm³/mol. The average molecular weight is 237 g/mol. The Morgan fingerprint density at radius 1 is 1.41 bits per heavy atom. The monoisotopic (exact) mass is 237 g/mol. The van der Waals surface area contributed by atoms with Crippen molar-refractivity contribution in [3.8, 4) is 0 Å². The molecule has 1 saturated carbocycles. The Balaban J connectivity index is 2.04. The first-order valence-corrected chi connectivity index (χ1v) is 5.62. The molecule has 0 spiro atoms. The lowest BCUT2D eigenvalue weighted by Gasteiger charge is -2.24. The van der Waals surface area contributed by atoms with Crippen LogP contribution in [0.15, 0.2) is 24.3 Å². The molecule has 4 heteroatoms. The van der Waals surface area contributed by atoms with Crippen molar-refractivity contribution in [3.63, 3.8) is 0 Å². The molecule has 2 rings (SSSR count). The van der Waals surface area contributed by atoms with E-state index in [0.717, 1.165) is 18.5 Å². The molecule has 1 aromatic carbocycles. The summed E-state index contributed by atoms with van der Waals surface area (Å²) in [4.78, 5) is 13.6. The van der Waals surface area contributed by atoms with E-state index in [1.165, 1.54) is 19.2 Å². The first kappa shape index (κ1) is 11.9. The van der Waals surface area contributed by atoms with Gasteiger partial charge in [-0.05, 0) is 37.1 Å². The Hall–Kier alpha value is -1.58. The predicted octanol–water partition coefficient (Wildman–Crippen LogP) is 2.22. The first-order chi connectivity index (χ1) is 8.07. The van der Waals surface area contributed by atoms with Gasteiger partial charge >= 0.3 is 5.97 Å². The maximum atomic E-state index is 12.8. The largest absolute Gasteiger partial charge is 0.469 e. The normalized spacial score (nSPS) is 16.4. The number of carbonyl (C=O) groups excluding carboxylic acids is 1. The number of rotatable bonds is 4. The smallest absolute Gasteiger partial charge is 0.313 e. The summed E-state index contributed by atoms with van der Waals surface area (Å²) in [6.45, 7) is 0.616. The molecule has 0 aliphatic heterocycles. The van der Waals surface area contributed by atoms with E-state index in [2.05, 4.69) is 0 Å². The first-order valence-electron chi connectivity index (χ1n) is 5.62. The Bertz CT molecular complexity index is 412. The molecule has 1 aromatic rings. The van der Waals surface area contributed by atoms with Crippen LogP contribution in [0, 0.1) is 11.2 Å². The highest BCUT2D eigenvalue weighted by Gasteiger charge is 2.51. The zero-order valence-electron chi connectivity index (χ0n) is 10.1. The second kappa shape index (κ2) is 4.35. The molecule has 3 nitrogen and oxygen atoms in total. The van der Waals surface area contributed by atoms with Gasteiger partial charge in [0.05, 0.1) is 12.5 Å². The molecule has 1 aliphatic rings. The van der Waals surface area contributed by atoms with Gasteiger partial charge in [-0.3, -0.25) is 4.79 Å². The number of benzene rings is 1. The van der Waals surface area contributed by atoms with Crippen molar-refractivity contribution in [3.05, 3.63) is 30.1 Å². The molecule has 0 bridgehead atoms. The van der Waals surface area contributed by atoms with Gasteiger partial charge in [-0.25, -0.2) is 4.39 Å². The lowest BCUT2D eigenvalue weighted by atomic mass is 10.1. The average Bonchev–Trinajstić information content (AvgIpc) is 3.09. The topological polar surface area (TPSA) is 29.5 Å². The van der Waals surface area contributed by atoms with Crippen molar-refractivity contribution in [1.82, 2.24) is 0 Å². The highest BCUT2D eigenvalue weighted by Crippen LogP contribution is 2.47. The highest BCUT2D eigenvalue weighted by atomic mass is 19.1. The van der Waals surface area contributed by atoms with Gasteiger partial charge in [-0.2, -0.15) is 0 Å². The molecular weight excluding hydrogens is 221 g/mol. The standard InChI is InChI=1S/C13H16FNO2/c1-15(11-5-3-10(14)4-6-11)9-13(7-8-13)12(16)17-2/h3-6H,7-9H2,1-2H3. The third-order valence-corrected chi connectivity index (χ3v) is 3.28. The molecule has 0 amide bonds. The Morgan fingerprint density at radius 2 is 2.00 bits per heavy atom. The zero-order valence-corrected chi connectivity index (χ0v) is 10.1. The van der Waals surface area contributed by atoms with Crippen molar-refractivity contribution >= 4 is 11.7 Å². The lowest BCUT2D eigenvalue weighted by molar-refractivity contribution is -0.146. The number of anilines is 1. The number of ether oxygens (including phenoxy) is 1. The summed E-state index contributed by atoms with van der Waals surface area (Å²) in [7, 11) is 3.32. The number of hydrogen-bond donors (Lipinski definition) is 0. The molecular formula is C13H16FNO2. The Morgan fingerprint density at radius 3 is 2.47 bits per heavy atom. The number of carbonyl (C=O) groups is 1. The number of methoxy groups -OCH3 is 1. The van der Waals surface area contributed by atoms with Crippen molar-refractivity contribution in [1.29, 1.82) is 0 Å². The van der Waals surface area contributed by atoms with Gasteiger partial charge in [0.25, 0.3) is 0 Å². The van der Waals surface area contributed by atoms with Gasteiger partial charge in [0, 0.05) is 19.3 Å². The SMILES string of the molecule is COC(=O)C1(CN(C)c2ccc(F)cc2)CC1. The van der Waals surface area contributed by atoms with Crippen LogP contribution in [0.2, 0.25) is 0 Å². The molecule has 1 fully saturated rings. The molecule has 0 atom stereocenters. The number of halogens is 1.